The van der Waals surface area contributed by atoms with E-state index in [1.165, 1.54) is 55.0 Å². The molecule has 2 aromatic rings. The lowest BCUT2D eigenvalue weighted by atomic mass is 9.97. The number of aromatic nitrogens is 2. The minimum absolute atomic E-state index is 0.142. The number of halogens is 1. The molecule has 1 saturated carbocycles. The molecule has 25 heavy (non-hydrogen) atoms. The Balaban J connectivity index is 0.000000269. The van der Waals surface area contributed by atoms with Crippen molar-refractivity contribution in [3.63, 3.8) is 0 Å². The highest BCUT2D eigenvalue weighted by Crippen LogP contribution is 2.15. The van der Waals surface area contributed by atoms with E-state index >= 15 is 0 Å². The number of nitrogens with two attached hydrogens (primary N) is 2. The van der Waals surface area contributed by atoms with Crippen molar-refractivity contribution < 1.29 is 4.39 Å². The molecule has 1 aliphatic rings. The topological polar surface area (TPSA) is 99.0 Å². The number of nitrogens with zero attached hydrogens (tertiary/aromatic N) is 2. The number of rotatable bonds is 3. The third kappa shape index (κ3) is 5.65. The van der Waals surface area contributed by atoms with E-state index in [1.54, 1.807) is 19.2 Å². The van der Waals surface area contributed by atoms with Crippen LogP contribution in [0.4, 0.5) is 10.2 Å². The van der Waals surface area contributed by atoms with Crippen LogP contribution in [0, 0.1) is 5.82 Å². The summed E-state index contributed by atoms with van der Waals surface area (Å²) in [6.45, 7) is 0.432. The van der Waals surface area contributed by atoms with Crippen molar-refractivity contribution in [3.05, 3.63) is 52.3 Å². The summed E-state index contributed by atoms with van der Waals surface area (Å²) in [5.74, 6) is -0.228. The van der Waals surface area contributed by atoms with Gasteiger partial charge in [0.2, 0.25) is 0 Å². The fourth-order valence-electron chi connectivity index (χ4n) is 2.77. The van der Waals surface area contributed by atoms with Crippen molar-refractivity contribution in [2.45, 2.75) is 44.7 Å². The van der Waals surface area contributed by atoms with Crippen LogP contribution < -0.4 is 22.5 Å². The Bertz CT molecular complexity index is 740. The molecule has 1 aliphatic carbocycles. The first-order valence-electron chi connectivity index (χ1n) is 8.55. The summed E-state index contributed by atoms with van der Waals surface area (Å²) in [6.07, 6.45) is 8.13. The molecule has 0 spiro atoms. The van der Waals surface area contributed by atoms with Crippen LogP contribution >= 0.6 is 0 Å². The van der Waals surface area contributed by atoms with Crippen LogP contribution in [0.5, 0.6) is 0 Å². The van der Waals surface area contributed by atoms with Gasteiger partial charge >= 0.3 is 5.69 Å². The summed E-state index contributed by atoms with van der Waals surface area (Å²) in [5, 5.41) is 2.87. The minimum Gasteiger partial charge on any atom is -0.383 e. The van der Waals surface area contributed by atoms with E-state index in [2.05, 4.69) is 10.3 Å². The van der Waals surface area contributed by atoms with Crippen molar-refractivity contribution in [3.8, 4) is 5.69 Å². The van der Waals surface area contributed by atoms with E-state index in [0.717, 1.165) is 0 Å². The second kappa shape index (κ2) is 9.29. The number of anilines is 1. The highest BCUT2D eigenvalue weighted by atomic mass is 19.1. The van der Waals surface area contributed by atoms with Gasteiger partial charge in [-0.1, -0.05) is 25.3 Å². The minimum atomic E-state index is -0.532. The van der Waals surface area contributed by atoms with Gasteiger partial charge in [-0.25, -0.2) is 9.18 Å². The predicted molar refractivity (Wildman–Crippen MR) is 98.0 cm³/mol. The van der Waals surface area contributed by atoms with Gasteiger partial charge in [-0.15, -0.1) is 0 Å². The van der Waals surface area contributed by atoms with Crippen molar-refractivity contribution in [2.24, 2.45) is 5.73 Å². The first-order valence-corrected chi connectivity index (χ1v) is 8.55. The molecule has 5 N–H and O–H groups in total. The number of nitrogen functional groups attached to an aromatic ring is 1. The molecule has 136 valence electrons. The van der Waals surface area contributed by atoms with E-state index < -0.39 is 5.69 Å². The Morgan fingerprint density at radius 1 is 1.28 bits per heavy atom. The van der Waals surface area contributed by atoms with Gasteiger partial charge in [0.15, 0.2) is 0 Å². The third-order valence-corrected chi connectivity index (χ3v) is 4.16. The highest BCUT2D eigenvalue weighted by molar-refractivity contribution is 5.37. The fraction of sp³-hybridized carbons (Fsp3) is 0.444. The molecule has 7 heteroatoms. The summed E-state index contributed by atoms with van der Waals surface area (Å²) < 4.78 is 15.0. The maximum atomic E-state index is 13.7. The maximum absolute atomic E-state index is 13.7. The fourth-order valence-corrected chi connectivity index (χ4v) is 2.77. The normalized spacial score (nSPS) is 14.7. The van der Waals surface area contributed by atoms with Gasteiger partial charge in [0.05, 0.1) is 5.69 Å². The summed E-state index contributed by atoms with van der Waals surface area (Å²) >= 11 is 0. The van der Waals surface area contributed by atoms with Crippen LogP contribution in [0.3, 0.4) is 0 Å². The molecule has 0 bridgehead atoms. The molecule has 1 fully saturated rings. The Morgan fingerprint density at radius 3 is 2.52 bits per heavy atom. The van der Waals surface area contributed by atoms with E-state index in [1.807, 2.05) is 0 Å². The SMILES string of the molecule is CNCc1ccc(-n2ccc(N)nc2=O)cc1F.NC1CCCCC1. The van der Waals surface area contributed by atoms with Crippen LogP contribution in [0.2, 0.25) is 0 Å². The lowest BCUT2D eigenvalue weighted by Crippen LogP contribution is -2.22. The summed E-state index contributed by atoms with van der Waals surface area (Å²) in [5.41, 5.74) is 11.5. The van der Waals surface area contributed by atoms with Crippen molar-refractivity contribution in [2.75, 3.05) is 12.8 Å². The number of nitrogens with one attached hydrogen (secondary N) is 1. The first kappa shape index (κ1) is 19.1. The van der Waals surface area contributed by atoms with Gasteiger partial charge in [-0.2, -0.15) is 4.98 Å². The van der Waals surface area contributed by atoms with E-state index in [9.17, 15) is 9.18 Å². The molecule has 1 aromatic carbocycles. The molecule has 0 unspecified atom stereocenters. The summed E-state index contributed by atoms with van der Waals surface area (Å²) in [6, 6.07) is 6.61. The van der Waals surface area contributed by atoms with Crippen LogP contribution in [-0.4, -0.2) is 22.6 Å². The number of benzene rings is 1. The molecule has 1 aromatic heterocycles. The van der Waals surface area contributed by atoms with Gasteiger partial charge < -0.3 is 16.8 Å². The second-order valence-electron chi connectivity index (χ2n) is 6.21. The lowest BCUT2D eigenvalue weighted by Gasteiger charge is -2.15. The quantitative estimate of drug-likeness (QED) is 0.788. The zero-order valence-electron chi connectivity index (χ0n) is 14.5. The molecule has 0 amide bonds. The monoisotopic (exact) mass is 347 g/mol. The van der Waals surface area contributed by atoms with Gasteiger partial charge in [0.25, 0.3) is 0 Å². The van der Waals surface area contributed by atoms with Crippen molar-refractivity contribution in [1.29, 1.82) is 0 Å². The van der Waals surface area contributed by atoms with Gasteiger partial charge in [0.1, 0.15) is 11.6 Å². The van der Waals surface area contributed by atoms with Gasteiger partial charge in [-0.05, 0) is 38.1 Å². The Kier molecular flexibility index (Phi) is 7.09. The molecular formula is C18H26FN5O. The van der Waals surface area contributed by atoms with Crippen molar-refractivity contribution >= 4 is 5.82 Å². The molecule has 1 heterocycles. The molecule has 0 saturated heterocycles. The zero-order valence-corrected chi connectivity index (χ0v) is 14.5. The van der Waals surface area contributed by atoms with Crippen molar-refractivity contribution in [1.82, 2.24) is 14.9 Å². The van der Waals surface area contributed by atoms with E-state index in [-0.39, 0.29) is 11.6 Å². The predicted octanol–water partition coefficient (Wildman–Crippen LogP) is 1.95. The zero-order chi connectivity index (χ0) is 18.2. The Labute approximate surface area is 147 Å². The number of hydrogen-bond donors (Lipinski definition) is 3. The lowest BCUT2D eigenvalue weighted by molar-refractivity contribution is 0.441. The smallest absolute Gasteiger partial charge is 0.354 e. The summed E-state index contributed by atoms with van der Waals surface area (Å²) in [4.78, 5) is 15.2. The first-order chi connectivity index (χ1) is 12.0. The van der Waals surface area contributed by atoms with Crippen LogP contribution in [-0.2, 0) is 6.54 Å². The third-order valence-electron chi connectivity index (χ3n) is 4.16. The van der Waals surface area contributed by atoms with Crippen LogP contribution in [0.1, 0.15) is 37.7 Å². The molecule has 0 aliphatic heterocycles. The van der Waals surface area contributed by atoms with Crippen LogP contribution in [0.25, 0.3) is 5.69 Å². The number of hydrogen-bond acceptors (Lipinski definition) is 5. The van der Waals surface area contributed by atoms with Gasteiger partial charge in [0, 0.05) is 24.3 Å². The van der Waals surface area contributed by atoms with E-state index in [4.69, 9.17) is 11.5 Å². The molecule has 0 radical (unpaired) electrons. The van der Waals surface area contributed by atoms with Gasteiger partial charge in [-0.3, -0.25) is 4.57 Å². The van der Waals surface area contributed by atoms with E-state index in [0.29, 0.717) is 23.8 Å². The standard InChI is InChI=1S/C12H13FN4O.C6H13N/c1-15-7-8-2-3-9(6-10(8)13)17-5-4-11(14)16-12(17)18;7-6-4-2-1-3-5-6/h2-6,15H,7H2,1H3,(H2,14,16,18);6H,1-5,7H2. The molecular weight excluding hydrogens is 321 g/mol. The Hall–Kier alpha value is -2.25. The highest BCUT2D eigenvalue weighted by Gasteiger charge is 2.07. The largest absolute Gasteiger partial charge is 0.383 e. The second-order valence-corrected chi connectivity index (χ2v) is 6.21. The average molecular weight is 347 g/mol. The van der Waals surface area contributed by atoms with Crippen LogP contribution in [0.15, 0.2) is 35.3 Å². The molecule has 6 nitrogen and oxygen atoms in total. The molecule has 3 rings (SSSR count). The summed E-state index contributed by atoms with van der Waals surface area (Å²) in [7, 11) is 1.74. The Morgan fingerprint density at radius 2 is 2.00 bits per heavy atom. The maximum Gasteiger partial charge on any atom is 0.354 e. The average Bonchev–Trinajstić information content (AvgIpc) is 2.58. The molecule has 0 atom stereocenters.